The second-order valence-electron chi connectivity index (χ2n) is 31.0. The fraction of sp³-hybridized carbons (Fsp3) is 0.0286. The van der Waals surface area contributed by atoms with Crippen LogP contribution in [0.3, 0.4) is 0 Å². The van der Waals surface area contributed by atoms with Crippen LogP contribution in [0.1, 0.15) is 66.8 Å². The Labute approximate surface area is 631 Å². The van der Waals surface area contributed by atoms with Gasteiger partial charge in [0, 0.05) is 50.3 Å². The second kappa shape index (κ2) is 20.8. The molecule has 2 aliphatic heterocycles. The van der Waals surface area contributed by atoms with Crippen LogP contribution in [-0.2, 0) is 16.2 Å². The van der Waals surface area contributed by atoms with Crippen LogP contribution in [0.15, 0.2) is 376 Å². The summed E-state index contributed by atoms with van der Waals surface area (Å²) in [6.07, 6.45) is 0. The Hall–Kier alpha value is -13.8. The maximum absolute atomic E-state index is 2.85. The van der Waals surface area contributed by atoms with Crippen LogP contribution in [-0.4, -0.2) is 11.3 Å². The van der Waals surface area contributed by atoms with Gasteiger partial charge >= 0.3 is 0 Å². The summed E-state index contributed by atoms with van der Waals surface area (Å²) >= 11 is 0. The second-order valence-corrected chi connectivity index (χ2v) is 31.0. The van der Waals surface area contributed by atoms with Crippen molar-refractivity contribution >= 4 is 79.0 Å². The number of hydrogen-bond acceptors (Lipinski definition) is 2. The van der Waals surface area contributed by atoms with E-state index in [-0.39, 0.29) is 6.71 Å². The van der Waals surface area contributed by atoms with Crippen molar-refractivity contribution in [2.75, 3.05) is 9.80 Å². The maximum atomic E-state index is 2.85. The van der Waals surface area contributed by atoms with Crippen molar-refractivity contribution in [3.8, 4) is 83.6 Å². The van der Waals surface area contributed by atoms with E-state index < -0.39 is 16.2 Å². The number of aromatic nitrogens is 1. The minimum absolute atomic E-state index is 0.294. The van der Waals surface area contributed by atoms with E-state index in [1.54, 1.807) is 0 Å². The summed E-state index contributed by atoms with van der Waals surface area (Å²) in [5.41, 5.74) is 45.6. The van der Waals surface area contributed by atoms with Crippen molar-refractivity contribution in [1.29, 1.82) is 0 Å². The van der Waals surface area contributed by atoms with Crippen molar-refractivity contribution < 1.29 is 0 Å². The third-order valence-electron chi connectivity index (χ3n) is 26.6. The molecule has 1 aromatic heterocycles. The zero-order chi connectivity index (χ0) is 70.7. The number of fused-ring (bicyclic) bond motifs is 38. The third-order valence-corrected chi connectivity index (χ3v) is 26.6. The normalized spacial score (nSPS) is 15.0. The van der Waals surface area contributed by atoms with E-state index in [9.17, 15) is 0 Å². The molecule has 26 rings (SSSR count). The van der Waals surface area contributed by atoms with Gasteiger partial charge in [0.2, 0.25) is 0 Å². The molecule has 6 aliphatic carbocycles. The summed E-state index contributed by atoms with van der Waals surface area (Å²) in [6, 6.07) is 146. The lowest BCUT2D eigenvalue weighted by molar-refractivity contribution is 0.791. The van der Waals surface area contributed by atoms with E-state index in [4.69, 9.17) is 0 Å². The average molecular weight is 1380 g/mol. The molecule has 18 aromatic rings. The molecule has 0 atom stereocenters. The number of para-hydroxylation sites is 2. The molecule has 17 aromatic carbocycles. The van der Waals surface area contributed by atoms with E-state index >= 15 is 0 Å². The topological polar surface area (TPSA) is 11.4 Å². The van der Waals surface area contributed by atoms with Gasteiger partial charge < -0.3 is 14.4 Å². The van der Waals surface area contributed by atoms with Gasteiger partial charge in [-0.2, -0.15) is 0 Å². The number of benzene rings is 17. The lowest BCUT2D eigenvalue weighted by Crippen LogP contribution is -2.62. The van der Waals surface area contributed by atoms with E-state index in [1.165, 1.54) is 183 Å². The summed E-state index contributed by atoms with van der Waals surface area (Å²) in [7, 11) is 0. The molecule has 0 bridgehead atoms. The smallest absolute Gasteiger partial charge is 0.252 e. The number of rotatable bonds is 4. The van der Waals surface area contributed by atoms with Crippen molar-refractivity contribution in [1.82, 2.24) is 4.57 Å². The van der Waals surface area contributed by atoms with E-state index in [0.717, 1.165) is 39.5 Å². The van der Waals surface area contributed by atoms with Gasteiger partial charge in [0.1, 0.15) is 0 Å². The predicted molar refractivity (Wildman–Crippen MR) is 449 cm³/mol. The highest BCUT2D eigenvalue weighted by atomic mass is 15.2. The first kappa shape index (κ1) is 58.5. The molecule has 0 saturated heterocycles. The molecule has 0 amide bonds. The first-order chi connectivity index (χ1) is 54.1. The molecule has 0 unspecified atom stereocenters. The van der Waals surface area contributed by atoms with Gasteiger partial charge in [-0.3, -0.25) is 0 Å². The lowest BCUT2D eigenvalue weighted by Gasteiger charge is -2.47. The van der Waals surface area contributed by atoms with Crippen LogP contribution in [0.4, 0.5) is 34.1 Å². The van der Waals surface area contributed by atoms with E-state index in [1.807, 2.05) is 0 Å². The first-order valence-electron chi connectivity index (χ1n) is 38.4. The lowest BCUT2D eigenvalue weighted by atomic mass is 9.33. The van der Waals surface area contributed by atoms with Gasteiger partial charge in [-0.15, -0.1) is 0 Å². The first-order valence-corrected chi connectivity index (χ1v) is 38.4. The van der Waals surface area contributed by atoms with Gasteiger partial charge in [0.25, 0.3) is 6.71 Å². The summed E-state index contributed by atoms with van der Waals surface area (Å²) in [5, 5.41) is 2.44. The highest BCUT2D eigenvalue weighted by Gasteiger charge is 2.59. The molecule has 500 valence electrons. The standard InChI is InChI=1S/C105H62BN3/c1-2-27-63(28-3-1)64-53-55-65(56-54-64)107-96-62-90-79(74-36-11-19-44-84(74)104(90)82-42-17-6-31-69(82)70-32-7-18-43-83(70)104)61-92(96)106-91-58-57-77-73-35-10-22-47-87(73)105(85-45-20-8-33-71(85)72-34-9-21-46-86(72)105)100(77)102(91)109(98-60-66(59-97(107)101(98)106)108-93-50-24-13-37-75(93)76-38-14-25-51-94(76)108)95-52-26-49-89-99(95)78-39-12-23-48-88(78)103(89)80-40-15-4-29-67(80)68-30-5-16-41-81(68)103/h1-62H. The number of hydrogen-bond donors (Lipinski definition) is 0. The van der Waals surface area contributed by atoms with E-state index in [2.05, 4.69) is 390 Å². The molecule has 3 heterocycles. The van der Waals surface area contributed by atoms with Crippen LogP contribution in [0.25, 0.3) is 105 Å². The van der Waals surface area contributed by atoms with Crippen LogP contribution < -0.4 is 26.2 Å². The Bertz CT molecular complexity index is 6950. The minimum Gasteiger partial charge on any atom is -0.311 e. The molecule has 4 heteroatoms. The fourth-order valence-electron chi connectivity index (χ4n) is 22.8. The summed E-state index contributed by atoms with van der Waals surface area (Å²) in [4.78, 5) is 5.55. The molecule has 3 nitrogen and oxygen atoms in total. The van der Waals surface area contributed by atoms with Gasteiger partial charge in [-0.25, -0.2) is 0 Å². The van der Waals surface area contributed by atoms with Crippen LogP contribution >= 0.6 is 0 Å². The predicted octanol–water partition coefficient (Wildman–Crippen LogP) is 23.6. The molecule has 8 aliphatic rings. The van der Waals surface area contributed by atoms with E-state index in [0.29, 0.717) is 0 Å². The quantitative estimate of drug-likeness (QED) is 0.163. The molecular formula is C105H62BN3. The van der Waals surface area contributed by atoms with Crippen molar-refractivity contribution in [3.05, 3.63) is 443 Å². The molecule has 109 heavy (non-hydrogen) atoms. The Morgan fingerprint density at radius 2 is 0.615 bits per heavy atom. The highest BCUT2D eigenvalue weighted by Crippen LogP contribution is 2.70. The summed E-state index contributed by atoms with van der Waals surface area (Å²) < 4.78 is 2.58. The maximum Gasteiger partial charge on any atom is 0.252 e. The van der Waals surface area contributed by atoms with Gasteiger partial charge in [0.05, 0.1) is 38.7 Å². The van der Waals surface area contributed by atoms with Gasteiger partial charge in [-0.05, 0) is 198 Å². The largest absolute Gasteiger partial charge is 0.311 e. The molecule has 0 fully saturated rings. The van der Waals surface area contributed by atoms with Crippen molar-refractivity contribution in [2.24, 2.45) is 0 Å². The Balaban J connectivity index is 0.864. The van der Waals surface area contributed by atoms with Crippen molar-refractivity contribution in [2.45, 2.75) is 16.2 Å². The number of nitrogens with zero attached hydrogens (tertiary/aromatic N) is 3. The summed E-state index contributed by atoms with van der Waals surface area (Å²) in [5.74, 6) is 0. The van der Waals surface area contributed by atoms with Crippen LogP contribution in [0.2, 0.25) is 0 Å². The fourth-order valence-corrected chi connectivity index (χ4v) is 22.8. The monoisotopic (exact) mass is 1380 g/mol. The van der Waals surface area contributed by atoms with Crippen LogP contribution in [0, 0.1) is 0 Å². The number of anilines is 6. The minimum atomic E-state index is -0.746. The van der Waals surface area contributed by atoms with Gasteiger partial charge in [0.15, 0.2) is 0 Å². The molecule has 0 radical (unpaired) electrons. The zero-order valence-electron chi connectivity index (χ0n) is 59.2. The molecule has 0 saturated carbocycles. The Kier molecular flexibility index (Phi) is 11.2. The molecule has 3 spiro atoms. The van der Waals surface area contributed by atoms with Gasteiger partial charge in [-0.1, -0.05) is 328 Å². The van der Waals surface area contributed by atoms with Crippen LogP contribution in [0.5, 0.6) is 0 Å². The summed E-state index contributed by atoms with van der Waals surface area (Å²) in [6.45, 7) is -0.294. The Morgan fingerprint density at radius 3 is 1.13 bits per heavy atom. The molecule has 0 N–H and O–H groups in total. The highest BCUT2D eigenvalue weighted by molar-refractivity contribution is 7.00. The van der Waals surface area contributed by atoms with Crippen molar-refractivity contribution in [3.63, 3.8) is 0 Å². The Morgan fingerprint density at radius 1 is 0.220 bits per heavy atom. The zero-order valence-corrected chi connectivity index (χ0v) is 59.2. The third kappa shape index (κ3) is 6.92. The average Bonchev–Trinajstić information content (AvgIpc) is 1.54. The SMILES string of the molecule is c1ccc(-c2ccc(N3c4cc5c(cc4B4c6ccc7c(c6N(c6cccc8c6-c6ccccc6C86c8ccccc8-c8ccccc86)c6cc(-n8c9ccccc9c9ccccc98)cc3c64)C3(c4ccccc4-c4ccccc43)c3ccccc3-7)-c3ccccc3C53c4ccccc4-c4ccccc43)cc2)cc1. The molecular weight excluding hydrogens is 1310 g/mol.